The summed E-state index contributed by atoms with van der Waals surface area (Å²) >= 11 is 6.46. The van der Waals surface area contributed by atoms with Gasteiger partial charge in [0.25, 0.3) is 0 Å². The standard InChI is InChI=1S/C34H46ClN3O4S/c1-5-23(3)36-33(40)31(6-2)37(21-27-9-7-8-10-30(27)35)32(39)22-38(43(4,41)42)29-13-11-28(12-14-29)34-18-24-15-25(19-34)17-26(16-24)20-34/h7-14,23-26,31H,5-6,15-22H2,1-4H3,(H,36,40)/t23-,24?,25?,26?,31-,34?/m0/s1. The van der Waals surface area contributed by atoms with E-state index in [9.17, 15) is 18.0 Å². The summed E-state index contributed by atoms with van der Waals surface area (Å²) in [5, 5.41) is 3.48. The van der Waals surface area contributed by atoms with Gasteiger partial charge in [-0.15, -0.1) is 0 Å². The van der Waals surface area contributed by atoms with Gasteiger partial charge in [0.15, 0.2) is 0 Å². The summed E-state index contributed by atoms with van der Waals surface area (Å²) < 4.78 is 27.4. The summed E-state index contributed by atoms with van der Waals surface area (Å²) in [6.45, 7) is 5.44. The molecular formula is C34H46ClN3O4S. The Morgan fingerprint density at radius 2 is 1.53 bits per heavy atom. The number of hydrogen-bond donors (Lipinski definition) is 1. The van der Waals surface area contributed by atoms with Crippen LogP contribution in [0.15, 0.2) is 48.5 Å². The van der Waals surface area contributed by atoms with Crippen LogP contribution in [0.5, 0.6) is 0 Å². The Kier molecular flexibility index (Phi) is 9.48. The first-order valence-corrected chi connectivity index (χ1v) is 18.1. The molecule has 0 spiro atoms. The molecule has 4 saturated carbocycles. The molecule has 7 nitrogen and oxygen atoms in total. The van der Waals surface area contributed by atoms with Gasteiger partial charge in [-0.2, -0.15) is 0 Å². The van der Waals surface area contributed by atoms with Gasteiger partial charge in [0.1, 0.15) is 12.6 Å². The molecule has 234 valence electrons. The van der Waals surface area contributed by atoms with E-state index in [4.69, 9.17) is 11.6 Å². The van der Waals surface area contributed by atoms with E-state index < -0.39 is 28.5 Å². The van der Waals surface area contributed by atoms with Crippen LogP contribution in [0.25, 0.3) is 0 Å². The number of amides is 2. The Balaban J connectivity index is 1.41. The highest BCUT2D eigenvalue weighted by atomic mass is 35.5. The van der Waals surface area contributed by atoms with Crippen molar-refractivity contribution in [1.82, 2.24) is 10.2 Å². The SMILES string of the molecule is CC[C@H](C)NC(=O)[C@H](CC)N(Cc1ccccc1Cl)C(=O)CN(c1ccc(C23CC4CC(CC(C4)C2)C3)cc1)S(C)(=O)=O. The number of carbonyl (C=O) groups excluding carboxylic acids is 2. The van der Waals surface area contributed by atoms with Crippen molar-refractivity contribution >= 4 is 39.1 Å². The number of hydrogen-bond acceptors (Lipinski definition) is 4. The maximum absolute atomic E-state index is 14.0. The van der Waals surface area contributed by atoms with Crippen LogP contribution in [0.1, 0.15) is 83.3 Å². The Labute approximate surface area is 262 Å². The van der Waals surface area contributed by atoms with Crippen LogP contribution in [-0.2, 0) is 31.6 Å². The smallest absolute Gasteiger partial charge is 0.244 e. The van der Waals surface area contributed by atoms with Gasteiger partial charge in [-0.3, -0.25) is 13.9 Å². The molecular weight excluding hydrogens is 582 g/mol. The topological polar surface area (TPSA) is 86.8 Å². The number of benzene rings is 2. The average molecular weight is 628 g/mol. The molecule has 2 amide bonds. The van der Waals surface area contributed by atoms with Gasteiger partial charge in [0.2, 0.25) is 21.8 Å². The third-order valence-corrected chi connectivity index (χ3v) is 11.7. The monoisotopic (exact) mass is 627 g/mol. The number of sulfonamides is 1. The Bertz CT molecular complexity index is 1390. The minimum Gasteiger partial charge on any atom is -0.352 e. The van der Waals surface area contributed by atoms with E-state index in [0.717, 1.165) is 34.7 Å². The molecule has 9 heteroatoms. The van der Waals surface area contributed by atoms with Gasteiger partial charge < -0.3 is 10.2 Å². The summed E-state index contributed by atoms with van der Waals surface area (Å²) in [6.07, 6.45) is 10.0. The van der Waals surface area contributed by atoms with E-state index in [2.05, 4.69) is 17.4 Å². The summed E-state index contributed by atoms with van der Waals surface area (Å²) in [7, 11) is -3.80. The van der Waals surface area contributed by atoms with Crippen LogP contribution in [0, 0.1) is 17.8 Å². The van der Waals surface area contributed by atoms with Crippen molar-refractivity contribution in [3.63, 3.8) is 0 Å². The molecule has 2 atom stereocenters. The molecule has 43 heavy (non-hydrogen) atoms. The normalized spacial score (nSPS) is 25.7. The van der Waals surface area contributed by atoms with Crippen molar-refractivity contribution in [3.05, 3.63) is 64.7 Å². The first-order chi connectivity index (χ1) is 20.4. The van der Waals surface area contributed by atoms with Crippen molar-refractivity contribution in [2.24, 2.45) is 17.8 Å². The highest BCUT2D eigenvalue weighted by Crippen LogP contribution is 2.60. The van der Waals surface area contributed by atoms with Crippen LogP contribution in [-0.4, -0.2) is 50.0 Å². The fraction of sp³-hybridized carbons (Fsp3) is 0.588. The zero-order valence-electron chi connectivity index (χ0n) is 25.9. The molecule has 2 aromatic carbocycles. The van der Waals surface area contributed by atoms with Crippen LogP contribution >= 0.6 is 11.6 Å². The third-order valence-electron chi connectivity index (χ3n) is 10.2. The fourth-order valence-electron chi connectivity index (χ4n) is 8.23. The van der Waals surface area contributed by atoms with E-state index in [-0.39, 0.29) is 23.9 Å². The summed E-state index contributed by atoms with van der Waals surface area (Å²) in [5.74, 6) is 1.71. The van der Waals surface area contributed by atoms with Gasteiger partial charge >= 0.3 is 0 Å². The molecule has 0 heterocycles. The van der Waals surface area contributed by atoms with E-state index >= 15 is 0 Å². The van der Waals surface area contributed by atoms with E-state index in [1.54, 1.807) is 6.07 Å². The maximum Gasteiger partial charge on any atom is 0.244 e. The molecule has 4 bridgehead atoms. The molecule has 0 radical (unpaired) electrons. The van der Waals surface area contributed by atoms with Crippen LogP contribution < -0.4 is 9.62 Å². The minimum atomic E-state index is -3.80. The Morgan fingerprint density at radius 3 is 2.05 bits per heavy atom. The van der Waals surface area contributed by atoms with Gasteiger partial charge in [0, 0.05) is 17.6 Å². The van der Waals surface area contributed by atoms with Crippen molar-refractivity contribution in [1.29, 1.82) is 0 Å². The largest absolute Gasteiger partial charge is 0.352 e. The molecule has 4 aliphatic carbocycles. The molecule has 1 N–H and O–H groups in total. The molecule has 2 aromatic rings. The van der Waals surface area contributed by atoms with Crippen molar-refractivity contribution in [2.75, 3.05) is 17.1 Å². The first-order valence-electron chi connectivity index (χ1n) is 15.8. The molecule has 6 rings (SSSR count). The number of halogens is 1. The van der Waals surface area contributed by atoms with Gasteiger partial charge in [0.05, 0.1) is 11.9 Å². The number of carbonyl (C=O) groups is 2. The van der Waals surface area contributed by atoms with Crippen molar-refractivity contribution < 1.29 is 18.0 Å². The van der Waals surface area contributed by atoms with Gasteiger partial charge in [-0.05, 0) is 111 Å². The molecule has 4 aliphatic rings. The quantitative estimate of drug-likeness (QED) is 0.299. The van der Waals surface area contributed by atoms with Gasteiger partial charge in [-0.25, -0.2) is 8.42 Å². The fourth-order valence-corrected chi connectivity index (χ4v) is 9.28. The lowest BCUT2D eigenvalue weighted by atomic mass is 9.48. The molecule has 0 aromatic heterocycles. The summed E-state index contributed by atoms with van der Waals surface area (Å²) in [6, 6.07) is 14.2. The van der Waals surface area contributed by atoms with Crippen LogP contribution in [0.2, 0.25) is 5.02 Å². The highest BCUT2D eigenvalue weighted by Gasteiger charge is 2.51. The lowest BCUT2D eigenvalue weighted by Crippen LogP contribution is -2.53. The third kappa shape index (κ3) is 6.90. The zero-order chi connectivity index (χ0) is 30.9. The zero-order valence-corrected chi connectivity index (χ0v) is 27.5. The second-order valence-electron chi connectivity index (χ2n) is 13.4. The number of nitrogens with one attached hydrogen (secondary N) is 1. The average Bonchev–Trinajstić information content (AvgIpc) is 2.95. The molecule has 0 saturated heterocycles. The van der Waals surface area contributed by atoms with Crippen molar-refractivity contribution in [3.8, 4) is 0 Å². The number of nitrogens with zero attached hydrogens (tertiary/aromatic N) is 2. The Hall–Kier alpha value is -2.58. The lowest BCUT2D eigenvalue weighted by molar-refractivity contribution is -0.140. The van der Waals surface area contributed by atoms with Crippen LogP contribution in [0.4, 0.5) is 5.69 Å². The second-order valence-corrected chi connectivity index (χ2v) is 15.7. The summed E-state index contributed by atoms with van der Waals surface area (Å²) in [4.78, 5) is 28.9. The number of anilines is 1. The minimum absolute atomic E-state index is 0.0566. The predicted molar refractivity (Wildman–Crippen MR) is 172 cm³/mol. The second kappa shape index (κ2) is 12.8. The van der Waals surface area contributed by atoms with E-state index in [0.29, 0.717) is 22.7 Å². The lowest BCUT2D eigenvalue weighted by Gasteiger charge is -2.57. The molecule has 4 fully saturated rings. The highest BCUT2D eigenvalue weighted by molar-refractivity contribution is 7.92. The summed E-state index contributed by atoms with van der Waals surface area (Å²) in [5.41, 5.74) is 2.64. The Morgan fingerprint density at radius 1 is 0.953 bits per heavy atom. The van der Waals surface area contributed by atoms with E-state index in [1.807, 2.05) is 51.1 Å². The van der Waals surface area contributed by atoms with Crippen LogP contribution in [0.3, 0.4) is 0 Å². The number of rotatable bonds is 12. The molecule has 0 aliphatic heterocycles. The predicted octanol–water partition coefficient (Wildman–Crippen LogP) is 6.30. The van der Waals surface area contributed by atoms with Gasteiger partial charge in [-0.1, -0.05) is 55.8 Å². The van der Waals surface area contributed by atoms with Crippen molar-refractivity contribution in [2.45, 2.75) is 96.2 Å². The maximum atomic E-state index is 14.0. The van der Waals surface area contributed by atoms with E-state index in [1.165, 1.54) is 49.0 Å². The molecule has 0 unspecified atom stereocenters. The first kappa shape index (κ1) is 31.8.